The average molecular weight is 285 g/mol. The van der Waals surface area contributed by atoms with Gasteiger partial charge < -0.3 is 0 Å². The molecular formula is C20H15NO. The van der Waals surface area contributed by atoms with Crippen molar-refractivity contribution in [1.82, 2.24) is 0 Å². The number of benzene rings is 2. The number of ketones is 1. The molecule has 0 unspecified atom stereocenters. The highest BCUT2D eigenvalue weighted by Gasteiger charge is 2.30. The van der Waals surface area contributed by atoms with Crippen molar-refractivity contribution in [3.63, 3.8) is 0 Å². The molecule has 0 aliphatic heterocycles. The molecule has 106 valence electrons. The molecule has 0 bridgehead atoms. The van der Waals surface area contributed by atoms with E-state index in [1.54, 1.807) is 12.2 Å². The summed E-state index contributed by atoms with van der Waals surface area (Å²) in [4.78, 5) is 12.6. The zero-order chi connectivity index (χ0) is 15.4. The minimum absolute atomic E-state index is 0.0350. The molecule has 22 heavy (non-hydrogen) atoms. The summed E-state index contributed by atoms with van der Waals surface area (Å²) in [5.41, 5.74) is 2.92. The maximum atomic E-state index is 12.6. The zero-order valence-corrected chi connectivity index (χ0v) is 12.0. The van der Waals surface area contributed by atoms with Crippen molar-refractivity contribution < 1.29 is 4.79 Å². The van der Waals surface area contributed by atoms with Gasteiger partial charge in [-0.3, -0.25) is 4.79 Å². The third kappa shape index (κ3) is 2.75. The van der Waals surface area contributed by atoms with Crippen LogP contribution in [0.3, 0.4) is 0 Å². The lowest BCUT2D eigenvalue weighted by molar-refractivity contribution is -0.116. The van der Waals surface area contributed by atoms with Gasteiger partial charge in [-0.2, -0.15) is 5.26 Å². The molecule has 0 N–H and O–H groups in total. The minimum Gasteiger partial charge on any atom is -0.294 e. The standard InChI is InChI=1S/C20H15NO/c21-14-17-12-11-16-8-4-5-9-18(16)20(17)19(22)13-10-15-6-2-1-3-7-15/h1-13,17,20H/b13-10+/t17-,20+/m0/s1. The summed E-state index contributed by atoms with van der Waals surface area (Å²) in [7, 11) is 0. The molecule has 1 aliphatic carbocycles. The number of carbonyl (C=O) groups excluding carboxylic acids is 1. The summed E-state index contributed by atoms with van der Waals surface area (Å²) in [6.45, 7) is 0. The van der Waals surface area contributed by atoms with E-state index in [2.05, 4.69) is 6.07 Å². The van der Waals surface area contributed by atoms with Crippen LogP contribution in [0.15, 0.2) is 66.7 Å². The second kappa shape index (κ2) is 6.24. The molecule has 2 heteroatoms. The van der Waals surface area contributed by atoms with Crippen LogP contribution in [0.4, 0.5) is 0 Å². The summed E-state index contributed by atoms with van der Waals surface area (Å²) in [5, 5.41) is 9.34. The number of allylic oxidation sites excluding steroid dienone is 2. The van der Waals surface area contributed by atoms with E-state index in [9.17, 15) is 10.1 Å². The van der Waals surface area contributed by atoms with E-state index >= 15 is 0 Å². The molecule has 0 radical (unpaired) electrons. The largest absolute Gasteiger partial charge is 0.294 e. The molecule has 2 atom stereocenters. The van der Waals surface area contributed by atoms with Crippen molar-refractivity contribution in [2.75, 3.05) is 0 Å². The molecule has 2 aromatic rings. The van der Waals surface area contributed by atoms with Crippen molar-refractivity contribution in [1.29, 1.82) is 5.26 Å². The van der Waals surface area contributed by atoms with Gasteiger partial charge in [-0.05, 0) is 22.8 Å². The summed E-state index contributed by atoms with van der Waals surface area (Å²) in [5.74, 6) is -0.874. The highest BCUT2D eigenvalue weighted by atomic mass is 16.1. The second-order valence-electron chi connectivity index (χ2n) is 5.27. The molecule has 2 nitrogen and oxygen atoms in total. The Morgan fingerprint density at radius 2 is 1.77 bits per heavy atom. The molecule has 0 heterocycles. The first kappa shape index (κ1) is 14.0. The second-order valence-corrected chi connectivity index (χ2v) is 5.27. The van der Waals surface area contributed by atoms with Crippen molar-refractivity contribution in [2.45, 2.75) is 5.92 Å². The Bertz CT molecular complexity index is 781. The summed E-state index contributed by atoms with van der Waals surface area (Å²) < 4.78 is 0. The summed E-state index contributed by atoms with van der Waals surface area (Å²) in [6, 6.07) is 19.7. The van der Waals surface area contributed by atoms with E-state index in [0.717, 1.165) is 16.7 Å². The van der Waals surface area contributed by atoms with E-state index in [-0.39, 0.29) is 5.78 Å². The van der Waals surface area contributed by atoms with Crippen molar-refractivity contribution in [3.8, 4) is 6.07 Å². The van der Waals surface area contributed by atoms with E-state index in [0.29, 0.717) is 0 Å². The van der Waals surface area contributed by atoms with Gasteiger partial charge >= 0.3 is 0 Å². The Morgan fingerprint density at radius 3 is 2.55 bits per heavy atom. The first-order chi connectivity index (χ1) is 10.8. The van der Waals surface area contributed by atoms with Crippen LogP contribution < -0.4 is 0 Å². The third-order valence-corrected chi connectivity index (χ3v) is 3.87. The zero-order valence-electron chi connectivity index (χ0n) is 12.0. The number of hydrogen-bond donors (Lipinski definition) is 0. The number of rotatable bonds is 3. The smallest absolute Gasteiger partial charge is 0.164 e. The number of hydrogen-bond acceptors (Lipinski definition) is 2. The van der Waals surface area contributed by atoms with E-state index < -0.39 is 11.8 Å². The molecule has 1 aliphatic rings. The maximum absolute atomic E-state index is 12.6. The van der Waals surface area contributed by atoms with Crippen LogP contribution in [0.5, 0.6) is 0 Å². The summed E-state index contributed by atoms with van der Waals surface area (Å²) >= 11 is 0. The fraction of sp³-hybridized carbons (Fsp3) is 0.100. The van der Waals surface area contributed by atoms with Crippen LogP contribution in [0.25, 0.3) is 12.2 Å². The number of fused-ring (bicyclic) bond motifs is 1. The van der Waals surface area contributed by atoms with E-state index in [1.165, 1.54) is 0 Å². The molecule has 0 amide bonds. The number of carbonyl (C=O) groups is 1. The van der Waals surface area contributed by atoms with Crippen molar-refractivity contribution in [3.05, 3.63) is 83.4 Å². The number of nitriles is 1. The maximum Gasteiger partial charge on any atom is 0.164 e. The minimum atomic E-state index is -0.425. The van der Waals surface area contributed by atoms with Gasteiger partial charge in [-0.25, -0.2) is 0 Å². The molecule has 0 saturated heterocycles. The first-order valence-electron chi connectivity index (χ1n) is 7.23. The predicted molar refractivity (Wildman–Crippen MR) is 87.8 cm³/mol. The Kier molecular flexibility index (Phi) is 3.98. The van der Waals surface area contributed by atoms with Crippen LogP contribution in [0.2, 0.25) is 0 Å². The van der Waals surface area contributed by atoms with Gasteiger partial charge in [0.1, 0.15) is 0 Å². The molecule has 0 aromatic heterocycles. The molecule has 0 saturated carbocycles. The van der Waals surface area contributed by atoms with Crippen LogP contribution in [-0.4, -0.2) is 5.78 Å². The van der Waals surface area contributed by atoms with Crippen molar-refractivity contribution >= 4 is 17.9 Å². The van der Waals surface area contributed by atoms with Crippen LogP contribution in [0, 0.1) is 17.2 Å². The van der Waals surface area contributed by atoms with Crippen LogP contribution >= 0.6 is 0 Å². The Labute approximate surface area is 130 Å². The van der Waals surface area contributed by atoms with Crippen LogP contribution in [0.1, 0.15) is 22.6 Å². The van der Waals surface area contributed by atoms with Gasteiger partial charge in [0.15, 0.2) is 5.78 Å². The van der Waals surface area contributed by atoms with Gasteiger partial charge in [-0.15, -0.1) is 0 Å². The lowest BCUT2D eigenvalue weighted by Crippen LogP contribution is -2.21. The van der Waals surface area contributed by atoms with Gasteiger partial charge in [0.2, 0.25) is 0 Å². The first-order valence-corrected chi connectivity index (χ1v) is 7.23. The third-order valence-electron chi connectivity index (χ3n) is 3.87. The average Bonchev–Trinajstić information content (AvgIpc) is 2.59. The lowest BCUT2D eigenvalue weighted by atomic mass is 9.77. The molecule has 0 spiro atoms. The highest BCUT2D eigenvalue weighted by Crippen LogP contribution is 2.34. The quantitative estimate of drug-likeness (QED) is 0.792. The summed E-state index contributed by atoms with van der Waals surface area (Å²) in [6.07, 6.45) is 7.13. The Morgan fingerprint density at radius 1 is 1.05 bits per heavy atom. The predicted octanol–water partition coefficient (Wildman–Crippen LogP) is 4.22. The topological polar surface area (TPSA) is 40.9 Å². The van der Waals surface area contributed by atoms with Crippen molar-refractivity contribution in [2.24, 2.45) is 5.92 Å². The molecule has 3 rings (SSSR count). The normalized spacial score (nSPS) is 19.6. The Balaban J connectivity index is 1.92. The fourth-order valence-corrected chi connectivity index (χ4v) is 2.75. The Hall–Kier alpha value is -2.92. The van der Waals surface area contributed by atoms with E-state index in [4.69, 9.17) is 0 Å². The molecular weight excluding hydrogens is 270 g/mol. The fourth-order valence-electron chi connectivity index (χ4n) is 2.75. The van der Waals surface area contributed by atoms with Gasteiger partial charge in [0.05, 0.1) is 17.9 Å². The monoisotopic (exact) mass is 285 g/mol. The van der Waals surface area contributed by atoms with Gasteiger partial charge in [-0.1, -0.05) is 72.8 Å². The highest BCUT2D eigenvalue weighted by molar-refractivity contribution is 6.00. The van der Waals surface area contributed by atoms with Gasteiger partial charge in [0.25, 0.3) is 0 Å². The molecule has 2 aromatic carbocycles. The molecule has 0 fully saturated rings. The number of nitrogens with zero attached hydrogens (tertiary/aromatic N) is 1. The van der Waals surface area contributed by atoms with Crippen LogP contribution in [-0.2, 0) is 4.79 Å². The van der Waals surface area contributed by atoms with Gasteiger partial charge in [0, 0.05) is 0 Å². The van der Waals surface area contributed by atoms with E-state index in [1.807, 2.05) is 66.7 Å². The SMILES string of the molecule is N#C[C@@H]1C=Cc2ccccc2[C@@H]1C(=O)/C=C/c1ccccc1. The lowest BCUT2D eigenvalue weighted by Gasteiger charge is -2.23.